The van der Waals surface area contributed by atoms with Gasteiger partial charge in [-0.25, -0.2) is 9.50 Å². The molecule has 0 unspecified atom stereocenters. The fraction of sp³-hybridized carbons (Fsp3) is 0.389. The Morgan fingerprint density at radius 3 is 2.56 bits per heavy atom. The number of hydrogen-bond donors (Lipinski definition) is 2. The molecule has 2 N–H and O–H groups in total. The summed E-state index contributed by atoms with van der Waals surface area (Å²) in [5.74, 6) is 2.55. The van der Waals surface area contributed by atoms with Gasteiger partial charge in [0, 0.05) is 55.5 Å². The number of hydrogen-bond acceptors (Lipinski definition) is 8. The van der Waals surface area contributed by atoms with Crippen molar-refractivity contribution in [2.45, 2.75) is 18.9 Å². The summed E-state index contributed by atoms with van der Waals surface area (Å²) in [5.41, 5.74) is 1.44. The molecule has 1 saturated heterocycles. The normalized spacial score (nSPS) is 14.9. The summed E-state index contributed by atoms with van der Waals surface area (Å²) in [5, 5.41) is 11.1. The molecule has 2 aromatic heterocycles. The molecule has 0 atom stereocenters. The first-order valence-electron chi connectivity index (χ1n) is 8.81. The van der Waals surface area contributed by atoms with Gasteiger partial charge in [0.2, 0.25) is 5.95 Å². The van der Waals surface area contributed by atoms with Crippen LogP contribution in [0, 0.1) is 0 Å². The third-order valence-electron chi connectivity index (χ3n) is 4.42. The van der Waals surface area contributed by atoms with Crippen LogP contribution in [0.15, 0.2) is 30.6 Å². The molecule has 0 saturated carbocycles. The van der Waals surface area contributed by atoms with E-state index in [4.69, 9.17) is 14.2 Å². The maximum Gasteiger partial charge on any atom is 0.247 e. The van der Waals surface area contributed by atoms with Gasteiger partial charge in [-0.2, -0.15) is 4.98 Å². The number of benzene rings is 1. The first-order valence-corrected chi connectivity index (χ1v) is 8.81. The van der Waals surface area contributed by atoms with Gasteiger partial charge in [0.15, 0.2) is 11.5 Å². The highest BCUT2D eigenvalue weighted by Crippen LogP contribution is 2.27. The molecule has 142 valence electrons. The minimum atomic E-state index is 0.327. The monoisotopic (exact) mass is 370 g/mol. The second-order valence-corrected chi connectivity index (χ2v) is 6.24. The molecule has 3 heterocycles. The molecule has 1 fully saturated rings. The van der Waals surface area contributed by atoms with E-state index in [0.29, 0.717) is 35.0 Å². The maximum absolute atomic E-state index is 5.41. The van der Waals surface area contributed by atoms with Gasteiger partial charge in [-0.3, -0.25) is 0 Å². The zero-order chi connectivity index (χ0) is 18.6. The number of nitrogens with zero attached hydrogens (tertiary/aromatic N) is 4. The first kappa shape index (κ1) is 17.3. The van der Waals surface area contributed by atoms with Gasteiger partial charge in [-0.05, 0) is 12.8 Å². The zero-order valence-electron chi connectivity index (χ0n) is 15.3. The van der Waals surface area contributed by atoms with E-state index < -0.39 is 0 Å². The average Bonchev–Trinajstić information content (AvgIpc) is 3.12. The number of aromatic nitrogens is 4. The Morgan fingerprint density at radius 2 is 1.85 bits per heavy atom. The van der Waals surface area contributed by atoms with Crippen LogP contribution in [-0.4, -0.2) is 53.1 Å². The molecule has 0 spiro atoms. The minimum absolute atomic E-state index is 0.327. The molecule has 1 aliphatic rings. The van der Waals surface area contributed by atoms with E-state index in [9.17, 15) is 0 Å². The van der Waals surface area contributed by atoms with Crippen LogP contribution in [0.5, 0.6) is 11.5 Å². The average molecular weight is 370 g/mol. The van der Waals surface area contributed by atoms with Crippen molar-refractivity contribution in [3.05, 3.63) is 30.6 Å². The fourth-order valence-electron chi connectivity index (χ4n) is 3.02. The van der Waals surface area contributed by atoms with Crippen molar-refractivity contribution in [1.29, 1.82) is 0 Å². The Kier molecular flexibility index (Phi) is 4.93. The van der Waals surface area contributed by atoms with E-state index in [-0.39, 0.29) is 0 Å². The van der Waals surface area contributed by atoms with Gasteiger partial charge >= 0.3 is 0 Å². The van der Waals surface area contributed by atoms with Crippen molar-refractivity contribution in [3.8, 4) is 11.5 Å². The van der Waals surface area contributed by atoms with Gasteiger partial charge in [0.05, 0.1) is 14.2 Å². The summed E-state index contributed by atoms with van der Waals surface area (Å²) in [6, 6.07) is 5.84. The lowest BCUT2D eigenvalue weighted by atomic mass is 10.1. The molecular weight excluding hydrogens is 348 g/mol. The Morgan fingerprint density at radius 1 is 1.11 bits per heavy atom. The van der Waals surface area contributed by atoms with Crippen LogP contribution < -0.4 is 20.1 Å². The largest absolute Gasteiger partial charge is 0.497 e. The lowest BCUT2D eigenvalue weighted by molar-refractivity contribution is 0.0904. The van der Waals surface area contributed by atoms with Crippen molar-refractivity contribution in [2.24, 2.45) is 0 Å². The van der Waals surface area contributed by atoms with Crippen molar-refractivity contribution >= 4 is 23.1 Å². The molecule has 27 heavy (non-hydrogen) atoms. The highest BCUT2D eigenvalue weighted by molar-refractivity contribution is 5.66. The van der Waals surface area contributed by atoms with Crippen LogP contribution in [0.2, 0.25) is 0 Å². The van der Waals surface area contributed by atoms with Crippen LogP contribution in [0.1, 0.15) is 12.8 Å². The highest BCUT2D eigenvalue weighted by Gasteiger charge is 2.17. The number of ether oxygens (including phenoxy) is 3. The number of fused-ring (bicyclic) bond motifs is 1. The van der Waals surface area contributed by atoms with Crippen molar-refractivity contribution in [1.82, 2.24) is 19.6 Å². The van der Waals surface area contributed by atoms with Crippen molar-refractivity contribution in [3.63, 3.8) is 0 Å². The first-order chi connectivity index (χ1) is 13.2. The molecule has 1 aliphatic heterocycles. The second-order valence-electron chi connectivity index (χ2n) is 6.24. The van der Waals surface area contributed by atoms with Crippen LogP contribution in [0.25, 0.3) is 5.65 Å². The van der Waals surface area contributed by atoms with E-state index >= 15 is 0 Å². The molecule has 9 nitrogen and oxygen atoms in total. The van der Waals surface area contributed by atoms with E-state index in [1.165, 1.54) is 0 Å². The van der Waals surface area contributed by atoms with Crippen molar-refractivity contribution < 1.29 is 14.2 Å². The third kappa shape index (κ3) is 3.87. The lowest BCUT2D eigenvalue weighted by Crippen LogP contribution is -2.28. The maximum atomic E-state index is 5.41. The standard InChI is InChI=1S/C18H22N6O3/c1-25-14-9-13(10-15(11-14)26-2)21-18-22-17-16(19-5-6-24(17)23-18)20-12-3-7-27-8-4-12/h5-6,9-12H,3-4,7-8H2,1-2H3,(H,19,20)(H,21,23). The van der Waals surface area contributed by atoms with E-state index in [0.717, 1.165) is 31.7 Å². The van der Waals surface area contributed by atoms with Gasteiger partial charge in [0.1, 0.15) is 11.5 Å². The fourth-order valence-corrected chi connectivity index (χ4v) is 3.02. The topological polar surface area (TPSA) is 94.8 Å². The summed E-state index contributed by atoms with van der Waals surface area (Å²) >= 11 is 0. The summed E-state index contributed by atoms with van der Waals surface area (Å²) in [6.45, 7) is 1.52. The van der Waals surface area contributed by atoms with E-state index in [2.05, 4.69) is 25.7 Å². The molecule has 0 amide bonds. The predicted molar refractivity (Wildman–Crippen MR) is 101 cm³/mol. The summed E-state index contributed by atoms with van der Waals surface area (Å²) < 4.78 is 17.7. The van der Waals surface area contributed by atoms with Crippen LogP contribution in [0.4, 0.5) is 17.5 Å². The van der Waals surface area contributed by atoms with Crippen molar-refractivity contribution in [2.75, 3.05) is 38.1 Å². The molecule has 4 rings (SSSR count). The second kappa shape index (κ2) is 7.67. The summed E-state index contributed by atoms with van der Waals surface area (Å²) in [4.78, 5) is 9.02. The third-order valence-corrected chi connectivity index (χ3v) is 4.42. The Balaban J connectivity index is 1.59. The Hall–Kier alpha value is -3.07. The van der Waals surface area contributed by atoms with E-state index in [1.807, 2.05) is 18.2 Å². The Bertz CT molecular complexity index is 900. The smallest absolute Gasteiger partial charge is 0.247 e. The quantitative estimate of drug-likeness (QED) is 0.683. The molecule has 0 bridgehead atoms. The van der Waals surface area contributed by atoms with Gasteiger partial charge in [0.25, 0.3) is 0 Å². The number of methoxy groups -OCH3 is 2. The summed E-state index contributed by atoms with van der Waals surface area (Å²) in [7, 11) is 3.23. The number of anilines is 3. The van der Waals surface area contributed by atoms with Crippen LogP contribution in [0.3, 0.4) is 0 Å². The molecule has 9 heteroatoms. The lowest BCUT2D eigenvalue weighted by Gasteiger charge is -2.23. The zero-order valence-corrected chi connectivity index (χ0v) is 15.3. The SMILES string of the molecule is COc1cc(Nc2nc3c(NC4CCOCC4)nccn3n2)cc(OC)c1. The predicted octanol–water partition coefficient (Wildman–Crippen LogP) is 2.48. The molecule has 0 aliphatic carbocycles. The Labute approximate surface area is 156 Å². The van der Waals surface area contributed by atoms with Gasteiger partial charge in [-0.15, -0.1) is 5.10 Å². The van der Waals surface area contributed by atoms with Gasteiger partial charge in [-0.1, -0.05) is 0 Å². The number of rotatable bonds is 6. The minimum Gasteiger partial charge on any atom is -0.497 e. The van der Waals surface area contributed by atoms with Crippen LogP contribution >= 0.6 is 0 Å². The van der Waals surface area contributed by atoms with Gasteiger partial charge < -0.3 is 24.8 Å². The highest BCUT2D eigenvalue weighted by atomic mass is 16.5. The molecule has 0 radical (unpaired) electrons. The molecule has 1 aromatic carbocycles. The van der Waals surface area contributed by atoms with Crippen LogP contribution in [-0.2, 0) is 4.74 Å². The van der Waals surface area contributed by atoms with E-state index in [1.54, 1.807) is 31.1 Å². The number of nitrogens with one attached hydrogen (secondary N) is 2. The molecular formula is C18H22N6O3. The summed E-state index contributed by atoms with van der Waals surface area (Å²) in [6.07, 6.45) is 5.38. The molecule has 3 aromatic rings.